The van der Waals surface area contributed by atoms with Gasteiger partial charge in [-0.2, -0.15) is 0 Å². The number of hydrogen-bond acceptors (Lipinski definition) is 3. The van der Waals surface area contributed by atoms with Gasteiger partial charge in [-0.3, -0.25) is 9.59 Å². The van der Waals surface area contributed by atoms with E-state index in [0.717, 1.165) is 10.5 Å². The third kappa shape index (κ3) is 5.30. The highest BCUT2D eigenvalue weighted by Crippen LogP contribution is 2.19. The van der Waals surface area contributed by atoms with Crippen LogP contribution in [0.5, 0.6) is 0 Å². The Labute approximate surface area is 140 Å². The zero-order valence-corrected chi connectivity index (χ0v) is 13.8. The molecule has 4 nitrogen and oxygen atoms in total. The van der Waals surface area contributed by atoms with Crippen molar-refractivity contribution < 1.29 is 9.59 Å². The molecule has 0 spiro atoms. The van der Waals surface area contributed by atoms with Gasteiger partial charge in [0.1, 0.15) is 5.70 Å². The van der Waals surface area contributed by atoms with Crippen LogP contribution in [0.2, 0.25) is 0 Å². The van der Waals surface area contributed by atoms with Gasteiger partial charge >= 0.3 is 0 Å². The van der Waals surface area contributed by atoms with Gasteiger partial charge in [-0.05, 0) is 36.1 Å². The highest BCUT2D eigenvalue weighted by molar-refractivity contribution is 7.98. The fourth-order valence-corrected chi connectivity index (χ4v) is 2.42. The maximum Gasteiger partial charge on any atom is 0.272 e. The van der Waals surface area contributed by atoms with Crippen LogP contribution in [0.1, 0.15) is 12.5 Å². The second-order valence-corrected chi connectivity index (χ2v) is 5.72. The summed E-state index contributed by atoms with van der Waals surface area (Å²) < 4.78 is 0. The summed E-state index contributed by atoms with van der Waals surface area (Å²) in [5.74, 6) is -0.650. The molecule has 0 bridgehead atoms. The molecule has 0 fully saturated rings. The van der Waals surface area contributed by atoms with Crippen LogP contribution < -0.4 is 10.6 Å². The Hall–Kier alpha value is -2.53. The van der Waals surface area contributed by atoms with Crippen LogP contribution in [0.3, 0.4) is 0 Å². The van der Waals surface area contributed by atoms with Crippen LogP contribution >= 0.6 is 11.8 Å². The lowest BCUT2D eigenvalue weighted by Gasteiger charge is -2.10. The molecular formula is C18H18N2O2S. The summed E-state index contributed by atoms with van der Waals surface area (Å²) in [5.41, 5.74) is 1.73. The zero-order chi connectivity index (χ0) is 16.7. The summed E-state index contributed by atoms with van der Waals surface area (Å²) in [6.07, 6.45) is 3.62. The zero-order valence-electron chi connectivity index (χ0n) is 13.0. The number of anilines is 1. The first-order chi connectivity index (χ1) is 11.1. The summed E-state index contributed by atoms with van der Waals surface area (Å²) in [7, 11) is 0. The molecule has 0 atom stereocenters. The van der Waals surface area contributed by atoms with Gasteiger partial charge in [0, 0.05) is 17.5 Å². The molecule has 2 aromatic rings. The van der Waals surface area contributed by atoms with Crippen LogP contribution in [0.4, 0.5) is 5.69 Å². The predicted octanol–water partition coefficient (Wildman–Crippen LogP) is 3.52. The van der Waals surface area contributed by atoms with Crippen LogP contribution in [0, 0.1) is 0 Å². The molecule has 0 aliphatic rings. The lowest BCUT2D eigenvalue weighted by Crippen LogP contribution is -2.28. The number of carbonyl (C=O) groups excluding carboxylic acids is 2. The second-order valence-electron chi connectivity index (χ2n) is 4.84. The largest absolute Gasteiger partial charge is 0.322 e. The molecule has 0 unspecified atom stereocenters. The van der Waals surface area contributed by atoms with E-state index in [1.807, 2.05) is 60.9 Å². The van der Waals surface area contributed by atoms with E-state index in [0.29, 0.717) is 5.69 Å². The first-order valence-electron chi connectivity index (χ1n) is 7.08. The normalized spacial score (nSPS) is 11.0. The minimum Gasteiger partial charge on any atom is -0.322 e. The topological polar surface area (TPSA) is 58.2 Å². The lowest BCUT2D eigenvalue weighted by molar-refractivity contribution is -0.120. The number of amides is 2. The average Bonchev–Trinajstić information content (AvgIpc) is 2.55. The molecule has 2 aromatic carbocycles. The molecule has 23 heavy (non-hydrogen) atoms. The first-order valence-corrected chi connectivity index (χ1v) is 8.30. The first kappa shape index (κ1) is 16.8. The van der Waals surface area contributed by atoms with E-state index in [1.54, 1.807) is 17.8 Å². The van der Waals surface area contributed by atoms with Crippen molar-refractivity contribution in [2.45, 2.75) is 11.8 Å². The van der Waals surface area contributed by atoms with Gasteiger partial charge in [0.15, 0.2) is 0 Å². The van der Waals surface area contributed by atoms with E-state index in [4.69, 9.17) is 0 Å². The molecule has 118 valence electrons. The summed E-state index contributed by atoms with van der Waals surface area (Å²) in [6.45, 7) is 1.38. The van der Waals surface area contributed by atoms with Gasteiger partial charge in [-0.1, -0.05) is 36.4 Å². The van der Waals surface area contributed by atoms with E-state index < -0.39 is 0 Å². The molecule has 0 saturated carbocycles. The quantitative estimate of drug-likeness (QED) is 0.653. The second kappa shape index (κ2) is 8.19. The molecule has 0 saturated heterocycles. The summed E-state index contributed by atoms with van der Waals surface area (Å²) in [6, 6.07) is 16.9. The Kier molecular flexibility index (Phi) is 6.00. The molecule has 2 amide bonds. The van der Waals surface area contributed by atoms with Gasteiger partial charge in [0.25, 0.3) is 5.91 Å². The van der Waals surface area contributed by atoms with Crippen molar-refractivity contribution in [1.82, 2.24) is 5.32 Å². The Morgan fingerprint density at radius 3 is 2.43 bits per heavy atom. The Morgan fingerprint density at radius 1 is 1.04 bits per heavy atom. The van der Waals surface area contributed by atoms with Crippen molar-refractivity contribution in [3.63, 3.8) is 0 Å². The lowest BCUT2D eigenvalue weighted by atomic mass is 10.2. The monoisotopic (exact) mass is 326 g/mol. The fraction of sp³-hybridized carbons (Fsp3) is 0.111. The molecule has 5 heteroatoms. The van der Waals surface area contributed by atoms with E-state index in [2.05, 4.69) is 10.6 Å². The van der Waals surface area contributed by atoms with E-state index in [-0.39, 0.29) is 17.5 Å². The number of nitrogens with one attached hydrogen (secondary N) is 2. The van der Waals surface area contributed by atoms with E-state index in [9.17, 15) is 9.59 Å². The molecule has 0 aromatic heterocycles. The van der Waals surface area contributed by atoms with Crippen molar-refractivity contribution in [3.05, 3.63) is 65.9 Å². The van der Waals surface area contributed by atoms with Crippen molar-refractivity contribution in [1.29, 1.82) is 0 Å². The standard InChI is InChI=1S/C18H18N2O2S/c1-13(21)19-17(11-14-7-4-3-5-8-14)18(22)20-15-9-6-10-16(12-15)23-2/h3-12H,1-2H3,(H,19,21)(H,20,22)/b17-11-. The molecule has 2 N–H and O–H groups in total. The molecule has 2 rings (SSSR count). The molecular weight excluding hydrogens is 308 g/mol. The average molecular weight is 326 g/mol. The summed E-state index contributed by atoms with van der Waals surface area (Å²) >= 11 is 1.60. The Bertz CT molecular complexity index is 727. The van der Waals surface area contributed by atoms with Gasteiger partial charge < -0.3 is 10.6 Å². The number of benzene rings is 2. The van der Waals surface area contributed by atoms with Gasteiger partial charge in [-0.25, -0.2) is 0 Å². The number of carbonyl (C=O) groups is 2. The van der Waals surface area contributed by atoms with Crippen LogP contribution in [-0.4, -0.2) is 18.1 Å². The van der Waals surface area contributed by atoms with E-state index in [1.165, 1.54) is 6.92 Å². The third-order valence-electron chi connectivity index (χ3n) is 2.99. The van der Waals surface area contributed by atoms with Crippen molar-refractivity contribution in [2.75, 3.05) is 11.6 Å². The van der Waals surface area contributed by atoms with Crippen molar-refractivity contribution in [3.8, 4) is 0 Å². The Balaban J connectivity index is 2.22. The van der Waals surface area contributed by atoms with Crippen molar-refractivity contribution >= 4 is 35.3 Å². The minimum absolute atomic E-state index is 0.207. The van der Waals surface area contributed by atoms with Gasteiger partial charge in [0.2, 0.25) is 5.91 Å². The molecule has 0 radical (unpaired) electrons. The van der Waals surface area contributed by atoms with E-state index >= 15 is 0 Å². The summed E-state index contributed by atoms with van der Waals surface area (Å²) in [5, 5.41) is 5.39. The SMILES string of the molecule is CSc1cccc(NC(=O)/C(=C/c2ccccc2)NC(C)=O)c1. The van der Waals surface area contributed by atoms with Crippen LogP contribution in [0.15, 0.2) is 65.2 Å². The van der Waals surface area contributed by atoms with Crippen LogP contribution in [0.25, 0.3) is 6.08 Å². The number of rotatable bonds is 5. The predicted molar refractivity (Wildman–Crippen MR) is 95.1 cm³/mol. The highest BCUT2D eigenvalue weighted by Gasteiger charge is 2.11. The smallest absolute Gasteiger partial charge is 0.272 e. The van der Waals surface area contributed by atoms with Crippen LogP contribution in [-0.2, 0) is 9.59 Å². The highest BCUT2D eigenvalue weighted by atomic mass is 32.2. The maximum atomic E-state index is 12.5. The number of hydrogen-bond donors (Lipinski definition) is 2. The maximum absolute atomic E-state index is 12.5. The molecule has 0 aliphatic carbocycles. The third-order valence-corrected chi connectivity index (χ3v) is 3.72. The van der Waals surface area contributed by atoms with Gasteiger partial charge in [0.05, 0.1) is 0 Å². The minimum atomic E-state index is -0.359. The summed E-state index contributed by atoms with van der Waals surface area (Å²) in [4.78, 5) is 24.9. The fourth-order valence-electron chi connectivity index (χ4n) is 1.96. The molecule has 0 aliphatic heterocycles. The molecule has 0 heterocycles. The van der Waals surface area contributed by atoms with Crippen molar-refractivity contribution in [2.24, 2.45) is 0 Å². The Morgan fingerprint density at radius 2 is 1.78 bits per heavy atom. The number of thioether (sulfide) groups is 1. The van der Waals surface area contributed by atoms with Gasteiger partial charge in [-0.15, -0.1) is 11.8 Å².